The van der Waals surface area contributed by atoms with Crippen molar-refractivity contribution in [3.63, 3.8) is 0 Å². The molecule has 1 aliphatic heterocycles. The summed E-state index contributed by atoms with van der Waals surface area (Å²) in [6, 6.07) is 16.4. The Labute approximate surface area is 225 Å². The molecule has 5 rings (SSSR count). The molecular weight excluding hydrogens is 530 g/mol. The van der Waals surface area contributed by atoms with Crippen LogP contribution in [-0.4, -0.2) is 46.2 Å². The van der Waals surface area contributed by atoms with E-state index in [0.717, 1.165) is 34.6 Å². The number of halogens is 1. The van der Waals surface area contributed by atoms with Gasteiger partial charge in [0.05, 0.1) is 12.1 Å². The van der Waals surface area contributed by atoms with Crippen LogP contribution >= 0.6 is 15.9 Å². The van der Waals surface area contributed by atoms with Crippen LogP contribution in [0.4, 0.5) is 0 Å². The zero-order valence-corrected chi connectivity index (χ0v) is 22.5. The number of likely N-dealkylation sites (tertiary alicyclic amines) is 1. The molecule has 1 aromatic heterocycles. The first-order valence-corrected chi connectivity index (χ1v) is 13.8. The second-order valence-electron chi connectivity index (χ2n) is 10.3. The number of nitrogens with one attached hydrogen (secondary N) is 1. The third kappa shape index (κ3) is 5.57. The van der Waals surface area contributed by atoms with Crippen molar-refractivity contribution in [2.24, 2.45) is 5.92 Å². The molecule has 6 nitrogen and oxygen atoms in total. The van der Waals surface area contributed by atoms with Gasteiger partial charge >= 0.3 is 0 Å². The Morgan fingerprint density at radius 3 is 2.57 bits per heavy atom. The van der Waals surface area contributed by atoms with E-state index in [1.165, 1.54) is 18.1 Å². The fourth-order valence-corrected chi connectivity index (χ4v) is 6.18. The summed E-state index contributed by atoms with van der Waals surface area (Å²) < 4.78 is 2.78. The predicted octanol–water partition coefficient (Wildman–Crippen LogP) is 5.46. The maximum Gasteiger partial charge on any atom is 0.253 e. The lowest BCUT2D eigenvalue weighted by molar-refractivity contribution is -0.134. The van der Waals surface area contributed by atoms with Crippen LogP contribution < -0.4 is 5.32 Å². The number of aromatic nitrogens is 1. The molecule has 2 heterocycles. The van der Waals surface area contributed by atoms with Gasteiger partial charge in [-0.3, -0.25) is 14.4 Å². The van der Waals surface area contributed by atoms with Gasteiger partial charge in [0, 0.05) is 59.0 Å². The number of carbonyl (C=O) groups excluding carboxylic acids is 3. The molecule has 2 aromatic carbocycles. The first kappa shape index (κ1) is 25.5. The van der Waals surface area contributed by atoms with Crippen LogP contribution in [0.3, 0.4) is 0 Å². The van der Waals surface area contributed by atoms with Gasteiger partial charge < -0.3 is 14.8 Å². The maximum absolute atomic E-state index is 13.6. The quantitative estimate of drug-likeness (QED) is 0.371. The average Bonchev–Trinajstić information content (AvgIpc) is 3.23. The van der Waals surface area contributed by atoms with Gasteiger partial charge in [-0.1, -0.05) is 65.7 Å². The standard InChI is InChI=1S/C30H32BrN3O3/c1-2-29(36)34-16-20(17-34)14-23(35)18-33-19-26(25-15-22(31)12-13-28(25)33)30(37)32-27-11-7-6-10-24(27)21-8-4-3-5-9-21/h2-5,8-9,12-13,15,19-20,24,27H,1,6-7,10-11,14,16-18H2,(H,32,37). The summed E-state index contributed by atoms with van der Waals surface area (Å²) in [6.07, 6.45) is 7.84. The van der Waals surface area contributed by atoms with Crippen LogP contribution in [0.15, 0.2) is 71.9 Å². The molecule has 1 N–H and O–H groups in total. The summed E-state index contributed by atoms with van der Waals surface area (Å²) in [5, 5.41) is 4.17. The van der Waals surface area contributed by atoms with Crippen molar-refractivity contribution in [2.75, 3.05) is 13.1 Å². The summed E-state index contributed by atoms with van der Waals surface area (Å²) in [6.45, 7) is 4.90. The Hall–Kier alpha value is -3.19. The van der Waals surface area contributed by atoms with Gasteiger partial charge in [0.1, 0.15) is 0 Å². The number of fused-ring (bicyclic) bond motifs is 1. The monoisotopic (exact) mass is 561 g/mol. The van der Waals surface area contributed by atoms with E-state index in [2.05, 4.69) is 52.1 Å². The van der Waals surface area contributed by atoms with E-state index in [-0.39, 0.29) is 36.1 Å². The molecule has 0 bridgehead atoms. The molecule has 0 radical (unpaired) electrons. The molecule has 1 aliphatic carbocycles. The van der Waals surface area contributed by atoms with Crippen molar-refractivity contribution in [2.45, 2.75) is 50.6 Å². The molecule has 7 heteroatoms. The fraction of sp³-hybridized carbons (Fsp3) is 0.367. The minimum atomic E-state index is -0.0975. The lowest BCUT2D eigenvalue weighted by atomic mass is 9.80. The van der Waals surface area contributed by atoms with Gasteiger partial charge in [-0.25, -0.2) is 0 Å². The molecule has 1 saturated carbocycles. The van der Waals surface area contributed by atoms with Crippen LogP contribution in [-0.2, 0) is 16.1 Å². The van der Waals surface area contributed by atoms with Crippen molar-refractivity contribution >= 4 is 44.4 Å². The number of rotatable bonds is 8. The molecule has 2 unspecified atom stereocenters. The zero-order chi connectivity index (χ0) is 25.9. The van der Waals surface area contributed by atoms with Crippen LogP contribution in [0.5, 0.6) is 0 Å². The number of hydrogen-bond donors (Lipinski definition) is 1. The first-order chi connectivity index (χ1) is 17.9. The second-order valence-corrected chi connectivity index (χ2v) is 11.2. The Kier molecular flexibility index (Phi) is 7.60. The van der Waals surface area contributed by atoms with E-state index in [4.69, 9.17) is 0 Å². The van der Waals surface area contributed by atoms with Crippen molar-refractivity contribution in [1.82, 2.24) is 14.8 Å². The molecule has 2 aliphatic rings. The highest BCUT2D eigenvalue weighted by Crippen LogP contribution is 2.34. The third-order valence-corrected chi connectivity index (χ3v) is 8.20. The molecule has 3 aromatic rings. The highest BCUT2D eigenvalue weighted by atomic mass is 79.9. The van der Waals surface area contributed by atoms with Gasteiger partial charge in [0.2, 0.25) is 5.91 Å². The van der Waals surface area contributed by atoms with Crippen molar-refractivity contribution < 1.29 is 14.4 Å². The fourth-order valence-electron chi connectivity index (χ4n) is 5.81. The summed E-state index contributed by atoms with van der Waals surface area (Å²) >= 11 is 3.54. The number of nitrogens with zero attached hydrogens (tertiary/aromatic N) is 2. The minimum absolute atomic E-state index is 0.0793. The van der Waals surface area contributed by atoms with Gasteiger partial charge in [0.25, 0.3) is 5.91 Å². The highest BCUT2D eigenvalue weighted by Gasteiger charge is 2.31. The molecule has 1 saturated heterocycles. The van der Waals surface area contributed by atoms with E-state index in [1.54, 1.807) is 4.90 Å². The SMILES string of the molecule is C=CC(=O)N1CC(CC(=O)Cn2cc(C(=O)NC3CCCCC3c3ccccc3)c3cc(Br)ccc32)C1. The smallest absolute Gasteiger partial charge is 0.253 e. The Morgan fingerprint density at radius 2 is 1.81 bits per heavy atom. The highest BCUT2D eigenvalue weighted by molar-refractivity contribution is 9.10. The topological polar surface area (TPSA) is 71.4 Å². The van der Waals surface area contributed by atoms with E-state index in [1.807, 2.05) is 35.0 Å². The number of carbonyl (C=O) groups is 3. The Balaban J connectivity index is 1.32. The zero-order valence-electron chi connectivity index (χ0n) is 20.9. The number of hydrogen-bond acceptors (Lipinski definition) is 3. The molecule has 192 valence electrons. The van der Waals surface area contributed by atoms with Crippen molar-refractivity contribution in [3.05, 3.63) is 83.0 Å². The van der Waals surface area contributed by atoms with Gasteiger partial charge in [-0.2, -0.15) is 0 Å². The Morgan fingerprint density at radius 1 is 1.05 bits per heavy atom. The lowest BCUT2D eigenvalue weighted by Crippen LogP contribution is -2.50. The molecule has 2 amide bonds. The normalized spacial score (nSPS) is 19.9. The van der Waals surface area contributed by atoms with E-state index in [9.17, 15) is 14.4 Å². The molecule has 2 atom stereocenters. The van der Waals surface area contributed by atoms with E-state index < -0.39 is 0 Å². The minimum Gasteiger partial charge on any atom is -0.349 e. The summed E-state index contributed by atoms with van der Waals surface area (Å²) in [7, 11) is 0. The summed E-state index contributed by atoms with van der Waals surface area (Å²) in [5.41, 5.74) is 2.72. The Bertz CT molecular complexity index is 1330. The van der Waals surface area contributed by atoms with Crippen LogP contribution in [0, 0.1) is 5.92 Å². The first-order valence-electron chi connectivity index (χ1n) is 13.0. The van der Waals surface area contributed by atoms with Gasteiger partial charge in [0.15, 0.2) is 5.78 Å². The third-order valence-electron chi connectivity index (χ3n) is 7.70. The summed E-state index contributed by atoms with van der Waals surface area (Å²) in [5.74, 6) is 0.388. The van der Waals surface area contributed by atoms with Crippen LogP contribution in [0.1, 0.15) is 53.9 Å². The molecule has 2 fully saturated rings. The lowest BCUT2D eigenvalue weighted by Gasteiger charge is -2.38. The number of amides is 2. The van der Waals surface area contributed by atoms with Gasteiger partial charge in [-0.05, 0) is 42.7 Å². The van der Waals surface area contributed by atoms with Gasteiger partial charge in [-0.15, -0.1) is 0 Å². The predicted molar refractivity (Wildman–Crippen MR) is 148 cm³/mol. The van der Waals surface area contributed by atoms with Crippen LogP contribution in [0.25, 0.3) is 10.9 Å². The van der Waals surface area contributed by atoms with Crippen LogP contribution in [0.2, 0.25) is 0 Å². The van der Waals surface area contributed by atoms with Crippen molar-refractivity contribution in [1.29, 1.82) is 0 Å². The summed E-state index contributed by atoms with van der Waals surface area (Å²) in [4.78, 5) is 39.9. The number of Topliss-reactive ketones (excluding diaryl/α,β-unsaturated/α-hetero) is 1. The second kappa shape index (κ2) is 11.1. The molecule has 0 spiro atoms. The average molecular weight is 563 g/mol. The number of benzene rings is 2. The largest absolute Gasteiger partial charge is 0.349 e. The van der Waals surface area contributed by atoms with E-state index in [0.29, 0.717) is 31.0 Å². The van der Waals surface area contributed by atoms with E-state index >= 15 is 0 Å². The molecule has 37 heavy (non-hydrogen) atoms. The maximum atomic E-state index is 13.6. The molecular formula is C30H32BrN3O3. The number of ketones is 1. The van der Waals surface area contributed by atoms with Crippen molar-refractivity contribution in [3.8, 4) is 0 Å².